The molecule has 1 aliphatic heterocycles. The molecule has 1 saturated carbocycles. The largest absolute Gasteiger partial charge is 0.372 e. The fourth-order valence-corrected chi connectivity index (χ4v) is 3.42. The second-order valence-corrected chi connectivity index (χ2v) is 7.29. The minimum atomic E-state index is -0.0586. The summed E-state index contributed by atoms with van der Waals surface area (Å²) in [5.41, 5.74) is -0.0586. The molecule has 0 aromatic carbocycles. The van der Waals surface area contributed by atoms with Gasteiger partial charge in [0.15, 0.2) is 0 Å². The van der Waals surface area contributed by atoms with Crippen molar-refractivity contribution in [3.05, 3.63) is 10.6 Å². The first kappa shape index (κ1) is 15.1. The van der Waals surface area contributed by atoms with E-state index in [1.807, 2.05) is 18.7 Å². The molecule has 19 heavy (non-hydrogen) atoms. The van der Waals surface area contributed by atoms with Crippen molar-refractivity contribution in [2.75, 3.05) is 13.1 Å². The summed E-state index contributed by atoms with van der Waals surface area (Å²) >= 11 is 11.4. The lowest BCUT2D eigenvalue weighted by atomic mass is 10.1. The van der Waals surface area contributed by atoms with Gasteiger partial charge in [0, 0.05) is 13.1 Å². The van der Waals surface area contributed by atoms with Crippen LogP contribution in [0, 0.1) is 17.3 Å². The van der Waals surface area contributed by atoms with Gasteiger partial charge in [0.2, 0.25) is 5.91 Å². The van der Waals surface area contributed by atoms with Gasteiger partial charge in [-0.2, -0.15) is 0 Å². The molecule has 0 bridgehead atoms. The Balaban J connectivity index is 2.07. The van der Waals surface area contributed by atoms with E-state index >= 15 is 0 Å². The van der Waals surface area contributed by atoms with Gasteiger partial charge in [-0.3, -0.25) is 4.79 Å². The number of carbonyl (C=O) groups excluding carboxylic acids is 1. The van der Waals surface area contributed by atoms with E-state index in [0.29, 0.717) is 13.1 Å². The van der Waals surface area contributed by atoms with E-state index in [-0.39, 0.29) is 39.9 Å². The van der Waals surface area contributed by atoms with Gasteiger partial charge in [-0.1, -0.05) is 37.0 Å². The number of rotatable bonds is 2. The maximum absolute atomic E-state index is 12.6. The Labute approximate surface area is 124 Å². The van der Waals surface area contributed by atoms with Crippen molar-refractivity contribution in [3.8, 4) is 0 Å². The number of morpholine rings is 1. The highest BCUT2D eigenvalue weighted by Crippen LogP contribution is 2.60. The number of nitrogens with zero attached hydrogens (tertiary/aromatic N) is 1. The highest BCUT2D eigenvalue weighted by molar-refractivity contribution is 6.55. The zero-order chi connectivity index (χ0) is 14.4. The molecule has 2 rings (SSSR count). The Morgan fingerprint density at radius 3 is 2.26 bits per heavy atom. The third kappa shape index (κ3) is 3.09. The number of halogens is 2. The molecule has 0 radical (unpaired) electrons. The van der Waals surface area contributed by atoms with E-state index in [0.717, 1.165) is 0 Å². The van der Waals surface area contributed by atoms with Crippen LogP contribution < -0.4 is 0 Å². The summed E-state index contributed by atoms with van der Waals surface area (Å²) in [5.74, 6) is 0.318. The van der Waals surface area contributed by atoms with Crippen LogP contribution in [0.15, 0.2) is 10.6 Å². The van der Waals surface area contributed by atoms with E-state index in [1.165, 1.54) is 0 Å². The van der Waals surface area contributed by atoms with Gasteiger partial charge in [-0.05, 0) is 31.3 Å². The van der Waals surface area contributed by atoms with E-state index in [1.54, 1.807) is 6.08 Å². The van der Waals surface area contributed by atoms with Crippen molar-refractivity contribution in [1.82, 2.24) is 4.90 Å². The van der Waals surface area contributed by atoms with Crippen molar-refractivity contribution >= 4 is 29.1 Å². The molecule has 1 heterocycles. The predicted molar refractivity (Wildman–Crippen MR) is 77.1 cm³/mol. The lowest BCUT2D eigenvalue weighted by Crippen LogP contribution is -2.49. The zero-order valence-corrected chi connectivity index (χ0v) is 13.3. The standard InChI is InChI=1S/C14H21Cl2NO2/c1-8-6-17(7-9(2)19-8)13(18)12-10(5-11(15)16)14(12,3)4/h5,8-10,12H,6-7H2,1-4H3/t8-,9-,10-,12+/m1/s1. The monoisotopic (exact) mass is 305 g/mol. The van der Waals surface area contributed by atoms with Crippen LogP contribution in [0.25, 0.3) is 0 Å². The second kappa shape index (κ2) is 5.27. The summed E-state index contributed by atoms with van der Waals surface area (Å²) in [6, 6.07) is 0. The summed E-state index contributed by atoms with van der Waals surface area (Å²) < 4.78 is 5.91. The highest BCUT2D eigenvalue weighted by Gasteiger charge is 2.61. The van der Waals surface area contributed by atoms with Gasteiger partial charge in [0.1, 0.15) is 4.49 Å². The minimum Gasteiger partial charge on any atom is -0.372 e. The Hall–Kier alpha value is -0.250. The van der Waals surface area contributed by atoms with Crippen molar-refractivity contribution in [2.45, 2.75) is 39.9 Å². The molecular formula is C14H21Cl2NO2. The summed E-state index contributed by atoms with van der Waals surface area (Å²) in [6.07, 6.45) is 1.99. The van der Waals surface area contributed by atoms with Crippen molar-refractivity contribution in [1.29, 1.82) is 0 Å². The fourth-order valence-electron chi connectivity index (χ4n) is 3.15. The number of allylic oxidation sites excluding steroid dienone is 1. The first-order valence-electron chi connectivity index (χ1n) is 6.70. The van der Waals surface area contributed by atoms with E-state index in [4.69, 9.17) is 27.9 Å². The lowest BCUT2D eigenvalue weighted by Gasteiger charge is -2.35. The van der Waals surface area contributed by atoms with Gasteiger partial charge in [-0.15, -0.1) is 0 Å². The fraction of sp³-hybridized carbons (Fsp3) is 0.786. The van der Waals surface area contributed by atoms with Crippen LogP contribution in [-0.2, 0) is 9.53 Å². The molecule has 1 aliphatic carbocycles. The third-order valence-electron chi connectivity index (χ3n) is 4.21. The molecule has 0 unspecified atom stereocenters. The van der Waals surface area contributed by atoms with Crippen LogP contribution in [-0.4, -0.2) is 36.1 Å². The summed E-state index contributed by atoms with van der Waals surface area (Å²) in [7, 11) is 0. The Morgan fingerprint density at radius 2 is 1.79 bits per heavy atom. The highest BCUT2D eigenvalue weighted by atomic mass is 35.5. The average molecular weight is 306 g/mol. The molecule has 1 saturated heterocycles. The molecule has 108 valence electrons. The predicted octanol–water partition coefficient (Wildman–Crippen LogP) is 3.21. The van der Waals surface area contributed by atoms with E-state index in [9.17, 15) is 4.79 Å². The average Bonchev–Trinajstić information content (AvgIpc) is 2.77. The molecule has 0 spiro atoms. The number of hydrogen-bond acceptors (Lipinski definition) is 2. The number of carbonyl (C=O) groups is 1. The summed E-state index contributed by atoms with van der Waals surface area (Å²) in [4.78, 5) is 14.5. The van der Waals surface area contributed by atoms with Crippen molar-refractivity contribution < 1.29 is 9.53 Å². The SMILES string of the molecule is C[C@@H]1CN(C(=O)[C@@H]2[C@@H](C=C(Cl)Cl)C2(C)C)C[C@@H](C)O1. The van der Waals surface area contributed by atoms with Crippen LogP contribution in [0.5, 0.6) is 0 Å². The van der Waals surface area contributed by atoms with Gasteiger partial charge in [0.25, 0.3) is 0 Å². The van der Waals surface area contributed by atoms with Gasteiger partial charge in [-0.25, -0.2) is 0 Å². The molecule has 4 atom stereocenters. The van der Waals surface area contributed by atoms with Crippen LogP contribution in [0.4, 0.5) is 0 Å². The number of amides is 1. The van der Waals surface area contributed by atoms with Crippen LogP contribution >= 0.6 is 23.2 Å². The first-order chi connectivity index (χ1) is 8.73. The van der Waals surface area contributed by atoms with Crippen LogP contribution in [0.2, 0.25) is 0 Å². The Bertz CT molecular complexity index is 394. The zero-order valence-electron chi connectivity index (χ0n) is 11.8. The minimum absolute atomic E-state index is 0.0162. The van der Waals surface area contributed by atoms with Crippen molar-refractivity contribution in [2.24, 2.45) is 17.3 Å². The third-order valence-corrected chi connectivity index (χ3v) is 4.47. The molecule has 0 aromatic heterocycles. The summed E-state index contributed by atoms with van der Waals surface area (Å²) in [5, 5.41) is 0. The maximum atomic E-state index is 12.6. The molecule has 1 amide bonds. The smallest absolute Gasteiger partial charge is 0.227 e. The normalized spacial score (nSPS) is 36.8. The molecule has 2 aliphatic rings. The van der Waals surface area contributed by atoms with Gasteiger partial charge >= 0.3 is 0 Å². The summed E-state index contributed by atoms with van der Waals surface area (Å²) in [6.45, 7) is 9.51. The topological polar surface area (TPSA) is 29.5 Å². The van der Waals surface area contributed by atoms with Crippen LogP contribution in [0.3, 0.4) is 0 Å². The Morgan fingerprint density at radius 1 is 1.26 bits per heavy atom. The molecule has 5 heteroatoms. The van der Waals surface area contributed by atoms with E-state index in [2.05, 4.69) is 13.8 Å². The van der Waals surface area contributed by atoms with Gasteiger partial charge in [0.05, 0.1) is 18.1 Å². The van der Waals surface area contributed by atoms with Crippen LogP contribution in [0.1, 0.15) is 27.7 Å². The molecule has 0 N–H and O–H groups in total. The molecule has 2 fully saturated rings. The second-order valence-electron chi connectivity index (χ2n) is 6.28. The van der Waals surface area contributed by atoms with Crippen molar-refractivity contribution in [3.63, 3.8) is 0 Å². The number of ether oxygens (including phenoxy) is 1. The molecule has 3 nitrogen and oxygen atoms in total. The van der Waals surface area contributed by atoms with E-state index < -0.39 is 0 Å². The molecular weight excluding hydrogens is 285 g/mol. The maximum Gasteiger partial charge on any atom is 0.227 e. The lowest BCUT2D eigenvalue weighted by molar-refractivity contribution is -0.145. The number of hydrogen-bond donors (Lipinski definition) is 0. The molecule has 0 aromatic rings. The quantitative estimate of drug-likeness (QED) is 0.784. The first-order valence-corrected chi connectivity index (χ1v) is 7.46. The Kier molecular flexibility index (Phi) is 4.20. The van der Waals surface area contributed by atoms with Gasteiger partial charge < -0.3 is 9.64 Å².